The number of rotatable bonds is 4. The standard InChI is InChI=1S/C18H17NO4/c1-12-8-9-15(10-13(12)2)18(22)23-11-16(20)19-17(21)14-6-4-3-5-7-14/h3-10H,11H2,1-2H3,(H,19,20,21). The molecule has 5 nitrogen and oxygen atoms in total. The number of hydrogen-bond acceptors (Lipinski definition) is 4. The smallest absolute Gasteiger partial charge is 0.338 e. The van der Waals surface area contributed by atoms with Gasteiger partial charge in [0.1, 0.15) is 0 Å². The van der Waals surface area contributed by atoms with Crippen molar-refractivity contribution in [1.82, 2.24) is 5.32 Å². The van der Waals surface area contributed by atoms with E-state index in [9.17, 15) is 14.4 Å². The lowest BCUT2D eigenvalue weighted by Gasteiger charge is -2.07. The van der Waals surface area contributed by atoms with Crippen LogP contribution in [0.15, 0.2) is 48.5 Å². The van der Waals surface area contributed by atoms with Gasteiger partial charge < -0.3 is 4.74 Å². The summed E-state index contributed by atoms with van der Waals surface area (Å²) in [6, 6.07) is 13.5. The molecule has 0 saturated heterocycles. The van der Waals surface area contributed by atoms with Crippen molar-refractivity contribution in [2.45, 2.75) is 13.8 Å². The maximum Gasteiger partial charge on any atom is 0.338 e. The van der Waals surface area contributed by atoms with Crippen molar-refractivity contribution in [3.05, 3.63) is 70.8 Å². The first-order chi connectivity index (χ1) is 11.0. The lowest BCUT2D eigenvalue weighted by atomic mass is 10.1. The molecule has 2 aromatic rings. The van der Waals surface area contributed by atoms with Crippen molar-refractivity contribution in [1.29, 1.82) is 0 Å². The minimum absolute atomic E-state index is 0.362. The molecule has 2 rings (SSSR count). The van der Waals surface area contributed by atoms with Gasteiger partial charge in [0.05, 0.1) is 5.56 Å². The summed E-state index contributed by atoms with van der Waals surface area (Å²) in [6.45, 7) is 3.31. The van der Waals surface area contributed by atoms with Crippen molar-refractivity contribution >= 4 is 17.8 Å². The highest BCUT2D eigenvalue weighted by Gasteiger charge is 2.13. The lowest BCUT2D eigenvalue weighted by Crippen LogP contribution is -2.34. The minimum atomic E-state index is -0.670. The van der Waals surface area contributed by atoms with E-state index in [1.807, 2.05) is 19.9 Å². The summed E-state index contributed by atoms with van der Waals surface area (Å²) in [5.74, 6) is -1.80. The summed E-state index contributed by atoms with van der Waals surface area (Å²) in [5, 5.41) is 2.17. The number of esters is 1. The first-order valence-electron chi connectivity index (χ1n) is 7.11. The quantitative estimate of drug-likeness (QED) is 0.880. The highest BCUT2D eigenvalue weighted by molar-refractivity contribution is 6.05. The molecule has 2 aromatic carbocycles. The average molecular weight is 311 g/mol. The highest BCUT2D eigenvalue weighted by Crippen LogP contribution is 2.10. The van der Waals surface area contributed by atoms with Crippen LogP contribution < -0.4 is 5.32 Å². The van der Waals surface area contributed by atoms with Crippen LogP contribution in [0.1, 0.15) is 31.8 Å². The number of hydrogen-bond donors (Lipinski definition) is 1. The Hall–Kier alpha value is -2.95. The number of aryl methyl sites for hydroxylation is 2. The Kier molecular flexibility index (Phi) is 5.25. The number of carbonyl (C=O) groups is 3. The van der Waals surface area contributed by atoms with Crippen LogP contribution in [0.3, 0.4) is 0 Å². The van der Waals surface area contributed by atoms with Crippen LogP contribution >= 0.6 is 0 Å². The number of carbonyl (C=O) groups excluding carboxylic acids is 3. The third-order valence-corrected chi connectivity index (χ3v) is 3.37. The van der Waals surface area contributed by atoms with E-state index < -0.39 is 24.4 Å². The molecule has 23 heavy (non-hydrogen) atoms. The topological polar surface area (TPSA) is 72.5 Å². The van der Waals surface area contributed by atoms with Crippen LogP contribution in [0.25, 0.3) is 0 Å². The molecule has 0 bridgehead atoms. The van der Waals surface area contributed by atoms with E-state index in [0.29, 0.717) is 11.1 Å². The van der Waals surface area contributed by atoms with Gasteiger partial charge in [-0.15, -0.1) is 0 Å². The van der Waals surface area contributed by atoms with Gasteiger partial charge in [-0.05, 0) is 49.2 Å². The van der Waals surface area contributed by atoms with Gasteiger partial charge in [-0.3, -0.25) is 14.9 Å². The number of amides is 2. The highest BCUT2D eigenvalue weighted by atomic mass is 16.5. The van der Waals surface area contributed by atoms with E-state index in [0.717, 1.165) is 11.1 Å². The van der Waals surface area contributed by atoms with Gasteiger partial charge in [-0.1, -0.05) is 24.3 Å². The Labute approximate surface area is 134 Å². The summed E-state index contributed by atoms with van der Waals surface area (Å²) >= 11 is 0. The zero-order chi connectivity index (χ0) is 16.8. The predicted molar refractivity (Wildman–Crippen MR) is 85.1 cm³/mol. The number of imide groups is 1. The second kappa shape index (κ2) is 7.35. The summed E-state index contributed by atoms with van der Waals surface area (Å²) in [6.07, 6.45) is 0. The van der Waals surface area contributed by atoms with Crippen LogP contribution in [-0.2, 0) is 9.53 Å². The van der Waals surface area contributed by atoms with E-state index in [1.54, 1.807) is 42.5 Å². The van der Waals surface area contributed by atoms with Gasteiger partial charge in [0.15, 0.2) is 6.61 Å². The summed E-state index contributed by atoms with van der Waals surface area (Å²) < 4.78 is 4.92. The van der Waals surface area contributed by atoms with Gasteiger partial charge in [0, 0.05) is 5.56 Å². The maximum absolute atomic E-state index is 11.9. The molecule has 0 unspecified atom stereocenters. The average Bonchev–Trinajstić information content (AvgIpc) is 2.56. The molecule has 0 saturated carbocycles. The Morgan fingerprint density at radius 1 is 0.913 bits per heavy atom. The fourth-order valence-electron chi connectivity index (χ4n) is 1.91. The molecule has 0 spiro atoms. The maximum atomic E-state index is 11.9. The van der Waals surface area contributed by atoms with Crippen molar-refractivity contribution < 1.29 is 19.1 Å². The number of benzene rings is 2. The summed E-state index contributed by atoms with van der Waals surface area (Å²) in [7, 11) is 0. The molecule has 0 aliphatic rings. The molecule has 5 heteroatoms. The molecule has 0 fully saturated rings. The molecule has 2 amide bonds. The third-order valence-electron chi connectivity index (χ3n) is 3.37. The normalized spacial score (nSPS) is 10.0. The predicted octanol–water partition coefficient (Wildman–Crippen LogP) is 2.42. The van der Waals surface area contributed by atoms with Crippen molar-refractivity contribution in [2.75, 3.05) is 6.61 Å². The van der Waals surface area contributed by atoms with Gasteiger partial charge >= 0.3 is 5.97 Å². The second-order valence-electron chi connectivity index (χ2n) is 5.12. The molecule has 0 aliphatic heterocycles. The molecule has 0 aromatic heterocycles. The molecule has 1 N–H and O–H groups in total. The molecular formula is C18H17NO4. The number of nitrogens with one attached hydrogen (secondary N) is 1. The summed E-state index contributed by atoms with van der Waals surface area (Å²) in [4.78, 5) is 35.3. The molecule has 0 heterocycles. The third kappa shape index (κ3) is 4.51. The fraction of sp³-hybridized carbons (Fsp3) is 0.167. The SMILES string of the molecule is Cc1ccc(C(=O)OCC(=O)NC(=O)c2ccccc2)cc1C. The summed E-state index contributed by atoms with van der Waals surface area (Å²) in [5.41, 5.74) is 2.76. The molecule has 118 valence electrons. The van der Waals surface area contributed by atoms with Gasteiger partial charge in [0.25, 0.3) is 11.8 Å². The van der Waals surface area contributed by atoms with Crippen molar-refractivity contribution in [3.8, 4) is 0 Å². The van der Waals surface area contributed by atoms with Crippen molar-refractivity contribution in [3.63, 3.8) is 0 Å². The van der Waals surface area contributed by atoms with Crippen molar-refractivity contribution in [2.24, 2.45) is 0 Å². The fourth-order valence-corrected chi connectivity index (χ4v) is 1.91. The molecule has 0 radical (unpaired) electrons. The zero-order valence-corrected chi connectivity index (χ0v) is 13.0. The largest absolute Gasteiger partial charge is 0.452 e. The minimum Gasteiger partial charge on any atom is -0.452 e. The van der Waals surface area contributed by atoms with Gasteiger partial charge in [-0.2, -0.15) is 0 Å². The monoisotopic (exact) mass is 311 g/mol. The number of ether oxygens (including phenoxy) is 1. The second-order valence-corrected chi connectivity index (χ2v) is 5.12. The molecule has 0 atom stereocenters. The van der Waals surface area contributed by atoms with E-state index in [-0.39, 0.29) is 0 Å². The van der Waals surface area contributed by atoms with Crippen LogP contribution in [0.5, 0.6) is 0 Å². The Morgan fingerprint density at radius 2 is 1.61 bits per heavy atom. The lowest BCUT2D eigenvalue weighted by molar-refractivity contribution is -0.123. The van der Waals surface area contributed by atoms with Crippen LogP contribution in [0.2, 0.25) is 0 Å². The first kappa shape index (κ1) is 16.4. The first-order valence-corrected chi connectivity index (χ1v) is 7.11. The van der Waals surface area contributed by atoms with E-state index in [2.05, 4.69) is 5.32 Å². The van der Waals surface area contributed by atoms with E-state index in [1.165, 1.54) is 0 Å². The van der Waals surface area contributed by atoms with Crippen LogP contribution in [0, 0.1) is 13.8 Å². The Bertz CT molecular complexity index is 738. The Balaban J connectivity index is 1.87. The zero-order valence-electron chi connectivity index (χ0n) is 13.0. The van der Waals surface area contributed by atoms with Gasteiger partial charge in [-0.25, -0.2) is 4.79 Å². The van der Waals surface area contributed by atoms with Gasteiger partial charge in [0.2, 0.25) is 0 Å². The van der Waals surface area contributed by atoms with E-state index >= 15 is 0 Å². The van der Waals surface area contributed by atoms with Crippen LogP contribution in [0.4, 0.5) is 0 Å². The Morgan fingerprint density at radius 3 is 2.26 bits per heavy atom. The van der Waals surface area contributed by atoms with E-state index in [4.69, 9.17) is 4.74 Å². The van der Waals surface area contributed by atoms with Crippen LogP contribution in [-0.4, -0.2) is 24.4 Å². The molecular weight excluding hydrogens is 294 g/mol. The molecule has 0 aliphatic carbocycles.